The van der Waals surface area contributed by atoms with Gasteiger partial charge in [-0.15, -0.1) is 11.3 Å². The fraction of sp³-hybridized carbons (Fsp3) is 0.400. The van der Waals surface area contributed by atoms with Crippen molar-refractivity contribution < 1.29 is 9.59 Å². The zero-order valence-electron chi connectivity index (χ0n) is 14.7. The van der Waals surface area contributed by atoms with E-state index < -0.39 is 0 Å². The number of aryl methyl sites for hydroxylation is 1. The van der Waals surface area contributed by atoms with Crippen LogP contribution in [0.25, 0.3) is 0 Å². The molecule has 1 aromatic carbocycles. The molecule has 2 aromatic rings. The standard InChI is InChI=1S/C20H23N3O2S/c24-19(23-11-3-6-15-5-1-2-7-17(15)23)16-9-12-22(13-10-16)20(25)21-18-8-4-14-26-18/h1-2,4-5,7-8,14,16H,3,6,9-13H2,(H,21,25). The Morgan fingerprint density at radius 3 is 2.62 bits per heavy atom. The van der Waals surface area contributed by atoms with Gasteiger partial charge in [-0.1, -0.05) is 18.2 Å². The van der Waals surface area contributed by atoms with Gasteiger partial charge in [-0.25, -0.2) is 4.79 Å². The minimum atomic E-state index is -0.0679. The Bertz CT molecular complexity index is 782. The van der Waals surface area contributed by atoms with E-state index in [4.69, 9.17) is 0 Å². The smallest absolute Gasteiger partial charge is 0.322 e. The molecule has 0 aliphatic carbocycles. The lowest BCUT2D eigenvalue weighted by Gasteiger charge is -2.36. The van der Waals surface area contributed by atoms with Crippen molar-refractivity contribution in [3.63, 3.8) is 0 Å². The van der Waals surface area contributed by atoms with Crippen LogP contribution in [-0.4, -0.2) is 36.5 Å². The summed E-state index contributed by atoms with van der Waals surface area (Å²) >= 11 is 1.51. The third-order valence-corrected chi connectivity index (χ3v) is 6.04. The number of fused-ring (bicyclic) bond motifs is 1. The van der Waals surface area contributed by atoms with Crippen LogP contribution in [0, 0.1) is 5.92 Å². The van der Waals surface area contributed by atoms with Crippen LogP contribution in [-0.2, 0) is 11.2 Å². The van der Waals surface area contributed by atoms with Gasteiger partial charge in [0.1, 0.15) is 0 Å². The molecule has 2 aliphatic heterocycles. The van der Waals surface area contributed by atoms with E-state index in [0.29, 0.717) is 13.1 Å². The van der Waals surface area contributed by atoms with Crippen LogP contribution in [0.5, 0.6) is 0 Å². The minimum absolute atomic E-state index is 0.00643. The van der Waals surface area contributed by atoms with Gasteiger partial charge in [0, 0.05) is 31.2 Å². The molecule has 136 valence electrons. The number of rotatable bonds is 2. The van der Waals surface area contributed by atoms with Crippen LogP contribution in [0.2, 0.25) is 0 Å². The molecule has 3 heterocycles. The van der Waals surface area contributed by atoms with Gasteiger partial charge in [0.05, 0.1) is 5.00 Å². The van der Waals surface area contributed by atoms with Crippen LogP contribution in [0.4, 0.5) is 15.5 Å². The number of para-hydroxylation sites is 1. The second-order valence-corrected chi connectivity index (χ2v) is 7.84. The first kappa shape index (κ1) is 17.1. The van der Waals surface area contributed by atoms with E-state index in [1.54, 1.807) is 0 Å². The fourth-order valence-electron chi connectivity index (χ4n) is 3.85. The molecule has 1 aromatic heterocycles. The first-order chi connectivity index (χ1) is 12.7. The van der Waals surface area contributed by atoms with E-state index in [2.05, 4.69) is 17.4 Å². The minimum Gasteiger partial charge on any atom is -0.324 e. The average molecular weight is 369 g/mol. The highest BCUT2D eigenvalue weighted by Crippen LogP contribution is 2.30. The molecule has 2 aliphatic rings. The van der Waals surface area contributed by atoms with Gasteiger partial charge in [-0.3, -0.25) is 10.1 Å². The molecular formula is C20H23N3O2S. The van der Waals surface area contributed by atoms with Crippen molar-refractivity contribution >= 4 is 34.0 Å². The van der Waals surface area contributed by atoms with E-state index in [1.165, 1.54) is 16.9 Å². The summed E-state index contributed by atoms with van der Waals surface area (Å²) in [6.45, 7) is 2.06. The Balaban J connectivity index is 1.36. The lowest BCUT2D eigenvalue weighted by Crippen LogP contribution is -2.46. The Morgan fingerprint density at radius 2 is 1.85 bits per heavy atom. The molecule has 1 N–H and O–H groups in total. The molecule has 4 rings (SSSR count). The number of nitrogens with zero attached hydrogens (tertiary/aromatic N) is 2. The van der Waals surface area contributed by atoms with Crippen LogP contribution in [0.1, 0.15) is 24.8 Å². The fourth-order valence-corrected chi connectivity index (χ4v) is 4.45. The number of anilines is 2. The van der Waals surface area contributed by atoms with Crippen molar-refractivity contribution in [2.75, 3.05) is 29.9 Å². The summed E-state index contributed by atoms with van der Waals surface area (Å²) in [6.07, 6.45) is 3.52. The maximum absolute atomic E-state index is 13.1. The van der Waals surface area contributed by atoms with Crippen molar-refractivity contribution in [1.29, 1.82) is 0 Å². The van der Waals surface area contributed by atoms with Crippen LogP contribution >= 0.6 is 11.3 Å². The molecule has 0 bridgehead atoms. The van der Waals surface area contributed by atoms with Gasteiger partial charge < -0.3 is 9.80 Å². The van der Waals surface area contributed by atoms with Crippen molar-refractivity contribution in [1.82, 2.24) is 4.90 Å². The predicted molar refractivity (Wildman–Crippen MR) is 105 cm³/mol. The van der Waals surface area contributed by atoms with Gasteiger partial charge in [0.15, 0.2) is 0 Å². The number of amides is 3. The Hall–Kier alpha value is -2.34. The number of piperidine rings is 1. The lowest BCUT2D eigenvalue weighted by molar-refractivity contribution is -0.123. The molecule has 0 radical (unpaired) electrons. The highest BCUT2D eigenvalue weighted by atomic mass is 32.1. The third-order valence-electron chi connectivity index (χ3n) is 5.26. The number of hydrogen-bond acceptors (Lipinski definition) is 3. The van der Waals surface area contributed by atoms with Crippen LogP contribution in [0.3, 0.4) is 0 Å². The monoisotopic (exact) mass is 369 g/mol. The van der Waals surface area contributed by atoms with E-state index in [1.807, 2.05) is 39.4 Å². The van der Waals surface area contributed by atoms with E-state index >= 15 is 0 Å². The molecular weight excluding hydrogens is 346 g/mol. The molecule has 0 spiro atoms. The van der Waals surface area contributed by atoms with Gasteiger partial charge >= 0.3 is 6.03 Å². The van der Waals surface area contributed by atoms with Crippen molar-refractivity contribution in [3.8, 4) is 0 Å². The lowest BCUT2D eigenvalue weighted by atomic mass is 9.93. The Kier molecular flexibility index (Phi) is 4.93. The second-order valence-electron chi connectivity index (χ2n) is 6.89. The molecule has 5 nitrogen and oxygen atoms in total. The molecule has 1 fully saturated rings. The summed E-state index contributed by atoms with van der Waals surface area (Å²) < 4.78 is 0. The SMILES string of the molecule is O=C(Nc1cccs1)N1CCC(C(=O)N2CCCc3ccccc32)CC1. The predicted octanol–water partition coefficient (Wildman–Crippen LogP) is 3.97. The zero-order chi connectivity index (χ0) is 17.9. The summed E-state index contributed by atoms with van der Waals surface area (Å²) in [5.74, 6) is 0.224. The first-order valence-electron chi connectivity index (χ1n) is 9.21. The number of nitrogens with one attached hydrogen (secondary N) is 1. The van der Waals surface area contributed by atoms with E-state index in [0.717, 1.165) is 42.9 Å². The maximum Gasteiger partial charge on any atom is 0.322 e. The van der Waals surface area contributed by atoms with Crippen molar-refractivity contribution in [2.45, 2.75) is 25.7 Å². The Morgan fingerprint density at radius 1 is 1.04 bits per heavy atom. The largest absolute Gasteiger partial charge is 0.324 e. The highest BCUT2D eigenvalue weighted by Gasteiger charge is 2.32. The maximum atomic E-state index is 13.1. The van der Waals surface area contributed by atoms with E-state index in [-0.39, 0.29) is 17.9 Å². The van der Waals surface area contributed by atoms with Crippen LogP contribution in [0.15, 0.2) is 41.8 Å². The Labute approximate surface area is 157 Å². The number of carbonyl (C=O) groups excluding carboxylic acids is 2. The zero-order valence-corrected chi connectivity index (χ0v) is 15.5. The topological polar surface area (TPSA) is 52.7 Å². The number of carbonyl (C=O) groups is 2. The van der Waals surface area contributed by atoms with Gasteiger partial charge in [0.25, 0.3) is 0 Å². The molecule has 6 heteroatoms. The van der Waals surface area contributed by atoms with Gasteiger partial charge in [-0.2, -0.15) is 0 Å². The normalized spacial score (nSPS) is 17.7. The molecule has 0 saturated carbocycles. The highest BCUT2D eigenvalue weighted by molar-refractivity contribution is 7.14. The molecule has 1 saturated heterocycles. The number of benzene rings is 1. The summed E-state index contributed by atoms with van der Waals surface area (Å²) in [6, 6.07) is 12.0. The molecule has 26 heavy (non-hydrogen) atoms. The molecule has 3 amide bonds. The van der Waals surface area contributed by atoms with Crippen molar-refractivity contribution in [3.05, 3.63) is 47.3 Å². The second kappa shape index (κ2) is 7.50. The summed E-state index contributed by atoms with van der Waals surface area (Å²) in [7, 11) is 0. The molecule has 0 atom stereocenters. The van der Waals surface area contributed by atoms with Crippen LogP contribution < -0.4 is 10.2 Å². The quantitative estimate of drug-likeness (QED) is 0.871. The summed E-state index contributed by atoms with van der Waals surface area (Å²) in [4.78, 5) is 29.2. The number of urea groups is 1. The average Bonchev–Trinajstić information content (AvgIpc) is 3.20. The van der Waals surface area contributed by atoms with Gasteiger partial charge in [-0.05, 0) is 54.8 Å². The first-order valence-corrected chi connectivity index (χ1v) is 10.1. The number of hydrogen-bond donors (Lipinski definition) is 1. The summed E-state index contributed by atoms with van der Waals surface area (Å²) in [5.41, 5.74) is 2.33. The molecule has 0 unspecified atom stereocenters. The number of likely N-dealkylation sites (tertiary alicyclic amines) is 1. The van der Waals surface area contributed by atoms with Gasteiger partial charge in [0.2, 0.25) is 5.91 Å². The van der Waals surface area contributed by atoms with Crippen molar-refractivity contribution in [2.24, 2.45) is 5.92 Å². The third kappa shape index (κ3) is 3.46. The summed E-state index contributed by atoms with van der Waals surface area (Å²) in [5, 5.41) is 5.72. The van der Waals surface area contributed by atoms with E-state index in [9.17, 15) is 9.59 Å². The number of thiophene rings is 1.